The first kappa shape index (κ1) is 11.0. The molecule has 1 N–H and O–H groups in total. The maximum atomic E-state index is 11.7. The van der Waals surface area contributed by atoms with Crippen LogP contribution in [0.5, 0.6) is 0 Å². The lowest BCUT2D eigenvalue weighted by Gasteiger charge is -2.02. The van der Waals surface area contributed by atoms with Gasteiger partial charge < -0.3 is 9.73 Å². The first-order valence-electron chi connectivity index (χ1n) is 4.33. The van der Waals surface area contributed by atoms with Gasteiger partial charge in [-0.05, 0) is 29.8 Å². The summed E-state index contributed by atoms with van der Waals surface area (Å²) in [5, 5.41) is 3.02. The van der Waals surface area contributed by atoms with E-state index in [4.69, 9.17) is 27.6 Å². The van der Waals surface area contributed by atoms with Gasteiger partial charge in [-0.2, -0.15) is 0 Å². The molecule has 2 aromatic heterocycles. The highest BCUT2D eigenvalue weighted by Gasteiger charge is 2.12. The molecule has 0 aliphatic heterocycles. The number of halogens is 2. The molecule has 0 fully saturated rings. The molecule has 0 radical (unpaired) electrons. The van der Waals surface area contributed by atoms with Gasteiger partial charge in [0, 0.05) is 0 Å². The van der Waals surface area contributed by atoms with Crippen molar-refractivity contribution in [3.63, 3.8) is 0 Å². The zero-order valence-electron chi connectivity index (χ0n) is 7.91. The minimum absolute atomic E-state index is 0.0550. The van der Waals surface area contributed by atoms with E-state index < -0.39 is 0 Å². The molecule has 0 aliphatic carbocycles. The third-order valence-corrected chi connectivity index (χ3v) is 2.36. The number of nitrogens with zero attached hydrogens (tertiary/aromatic N) is 1. The van der Waals surface area contributed by atoms with Gasteiger partial charge in [0.1, 0.15) is 5.15 Å². The summed E-state index contributed by atoms with van der Waals surface area (Å²) in [5.41, 5.74) is 0.809. The molecule has 0 saturated heterocycles. The molecule has 0 saturated carbocycles. The minimum atomic E-state index is -0.358. The van der Waals surface area contributed by atoms with Crippen LogP contribution in [0.15, 0.2) is 35.1 Å². The van der Waals surface area contributed by atoms with Crippen molar-refractivity contribution in [2.24, 2.45) is 0 Å². The van der Waals surface area contributed by atoms with E-state index in [1.807, 2.05) is 0 Å². The van der Waals surface area contributed by atoms with Crippen molar-refractivity contribution in [1.82, 2.24) is 4.98 Å². The van der Waals surface area contributed by atoms with Gasteiger partial charge in [0.15, 0.2) is 0 Å². The number of carbonyl (C=O) groups is 1. The molecule has 0 atom stereocenters. The summed E-state index contributed by atoms with van der Waals surface area (Å²) in [5.74, 6) is -0.358. The van der Waals surface area contributed by atoms with E-state index in [1.54, 1.807) is 12.1 Å². The average molecular weight is 257 g/mol. The molecule has 6 heteroatoms. The van der Waals surface area contributed by atoms with Crippen molar-refractivity contribution < 1.29 is 9.21 Å². The van der Waals surface area contributed by atoms with Crippen LogP contribution in [0, 0.1) is 0 Å². The third-order valence-electron chi connectivity index (χ3n) is 1.85. The fraction of sp³-hybridized carbons (Fsp3) is 0. The van der Waals surface area contributed by atoms with Gasteiger partial charge >= 0.3 is 0 Å². The topological polar surface area (TPSA) is 55.1 Å². The van der Waals surface area contributed by atoms with Crippen molar-refractivity contribution in [2.75, 3.05) is 5.32 Å². The minimum Gasteiger partial charge on any atom is -0.452 e. The highest BCUT2D eigenvalue weighted by atomic mass is 35.5. The highest BCUT2D eigenvalue weighted by Crippen LogP contribution is 2.18. The quantitative estimate of drug-likeness (QED) is 0.840. The molecule has 0 aliphatic rings. The molecule has 16 heavy (non-hydrogen) atoms. The van der Waals surface area contributed by atoms with Gasteiger partial charge in [-0.3, -0.25) is 4.79 Å². The lowest BCUT2D eigenvalue weighted by atomic mass is 10.3. The average Bonchev–Trinajstić information content (AvgIpc) is 2.68. The fourth-order valence-corrected chi connectivity index (χ4v) is 1.42. The van der Waals surface area contributed by atoms with Gasteiger partial charge in [-0.25, -0.2) is 4.98 Å². The summed E-state index contributed by atoms with van der Waals surface area (Å²) in [6.45, 7) is 0. The number of carbonyl (C=O) groups excluding carboxylic acids is 1. The molecule has 1 amide bonds. The van der Waals surface area contributed by atoms with Crippen LogP contribution >= 0.6 is 23.2 Å². The normalized spacial score (nSPS) is 10.1. The van der Waals surface area contributed by atoms with Gasteiger partial charge in [0.25, 0.3) is 5.91 Å². The summed E-state index contributed by atoms with van der Waals surface area (Å²) in [4.78, 5) is 15.5. The second-order valence-corrected chi connectivity index (χ2v) is 3.66. The molecule has 4 nitrogen and oxygen atoms in total. The van der Waals surface area contributed by atoms with Gasteiger partial charge in [-0.15, -0.1) is 0 Å². The van der Waals surface area contributed by atoms with Gasteiger partial charge in [-0.1, -0.05) is 11.6 Å². The Bertz CT molecular complexity index is 508. The van der Waals surface area contributed by atoms with Crippen LogP contribution in [0.2, 0.25) is 10.4 Å². The Morgan fingerprint density at radius 3 is 2.69 bits per heavy atom. The number of aromatic nitrogens is 1. The van der Waals surface area contributed by atoms with Crippen molar-refractivity contribution in [3.8, 4) is 0 Å². The molecular formula is C10H6Cl2N2O2. The number of hydrogen-bond donors (Lipinski definition) is 1. The van der Waals surface area contributed by atoms with Crippen LogP contribution in [0.25, 0.3) is 0 Å². The van der Waals surface area contributed by atoms with Crippen LogP contribution in [-0.4, -0.2) is 10.9 Å². The molecule has 2 heterocycles. The molecular weight excluding hydrogens is 251 g/mol. The van der Waals surface area contributed by atoms with Crippen LogP contribution in [0.3, 0.4) is 0 Å². The number of hydrogen-bond acceptors (Lipinski definition) is 3. The van der Waals surface area contributed by atoms with Gasteiger partial charge in [0.05, 0.1) is 23.7 Å². The molecule has 2 aromatic rings. The maximum absolute atomic E-state index is 11.7. The molecule has 0 bridgehead atoms. The monoisotopic (exact) mass is 256 g/mol. The lowest BCUT2D eigenvalue weighted by molar-refractivity contribution is 0.102. The smallest absolute Gasteiger partial charge is 0.260 e. The zero-order valence-corrected chi connectivity index (χ0v) is 9.42. The summed E-state index contributed by atoms with van der Waals surface area (Å²) in [7, 11) is 0. The molecule has 0 unspecified atom stereocenters. The molecule has 82 valence electrons. The summed E-state index contributed by atoms with van der Waals surface area (Å²) in [6.07, 6.45) is 2.80. The Morgan fingerprint density at radius 1 is 1.31 bits per heavy atom. The number of furan rings is 1. The Balaban J connectivity index is 2.14. The van der Waals surface area contributed by atoms with E-state index in [0.29, 0.717) is 10.8 Å². The molecule has 0 spiro atoms. The molecule has 0 aromatic carbocycles. The van der Waals surface area contributed by atoms with E-state index >= 15 is 0 Å². The predicted molar refractivity (Wildman–Crippen MR) is 60.9 cm³/mol. The summed E-state index contributed by atoms with van der Waals surface area (Å²) >= 11 is 11.3. The van der Waals surface area contributed by atoms with Crippen molar-refractivity contribution in [3.05, 3.63) is 46.6 Å². The summed E-state index contributed by atoms with van der Waals surface area (Å²) in [6, 6.07) is 4.70. The predicted octanol–water partition coefficient (Wildman–Crippen LogP) is 3.23. The fourth-order valence-electron chi connectivity index (χ4n) is 1.10. The first-order chi connectivity index (χ1) is 7.66. The first-order valence-corrected chi connectivity index (χ1v) is 5.08. The van der Waals surface area contributed by atoms with Crippen molar-refractivity contribution >= 4 is 34.8 Å². The van der Waals surface area contributed by atoms with Crippen LogP contribution in [-0.2, 0) is 0 Å². The number of pyridine rings is 1. The lowest BCUT2D eigenvalue weighted by Crippen LogP contribution is -2.11. The van der Waals surface area contributed by atoms with E-state index in [0.717, 1.165) is 0 Å². The highest BCUT2D eigenvalue weighted by molar-refractivity contribution is 6.32. The van der Waals surface area contributed by atoms with Gasteiger partial charge in [0.2, 0.25) is 5.22 Å². The Morgan fingerprint density at radius 2 is 2.12 bits per heavy atom. The zero-order chi connectivity index (χ0) is 11.5. The van der Waals surface area contributed by atoms with Crippen molar-refractivity contribution in [2.45, 2.75) is 0 Å². The standard InChI is InChI=1S/C10H6Cl2N2O2/c11-8-2-1-6(5-13-8)14-10(15)7-3-4-16-9(7)12/h1-5H,(H,14,15). The SMILES string of the molecule is O=C(Nc1ccc(Cl)nc1)c1ccoc1Cl. The Kier molecular flexibility index (Phi) is 3.12. The van der Waals surface area contributed by atoms with Crippen LogP contribution in [0.4, 0.5) is 5.69 Å². The van der Waals surface area contributed by atoms with E-state index in [2.05, 4.69) is 10.3 Å². The third kappa shape index (κ3) is 2.35. The number of nitrogens with one attached hydrogen (secondary N) is 1. The van der Waals surface area contributed by atoms with Crippen LogP contribution < -0.4 is 5.32 Å². The second kappa shape index (κ2) is 4.55. The summed E-state index contributed by atoms with van der Waals surface area (Å²) < 4.78 is 4.81. The second-order valence-electron chi connectivity index (χ2n) is 2.93. The number of rotatable bonds is 2. The number of amides is 1. The van der Waals surface area contributed by atoms with E-state index in [-0.39, 0.29) is 16.7 Å². The van der Waals surface area contributed by atoms with E-state index in [1.165, 1.54) is 18.5 Å². The Hall–Kier alpha value is -1.52. The largest absolute Gasteiger partial charge is 0.452 e. The van der Waals surface area contributed by atoms with Crippen molar-refractivity contribution in [1.29, 1.82) is 0 Å². The molecule has 2 rings (SSSR count). The maximum Gasteiger partial charge on any atom is 0.260 e. The van der Waals surface area contributed by atoms with Crippen LogP contribution in [0.1, 0.15) is 10.4 Å². The number of anilines is 1. The van der Waals surface area contributed by atoms with E-state index in [9.17, 15) is 4.79 Å². The Labute approximate surface area is 101 Å².